The molecule has 1 saturated heterocycles. The van der Waals surface area contributed by atoms with Gasteiger partial charge in [-0.3, -0.25) is 4.79 Å². The molecule has 2 aliphatic rings. The summed E-state index contributed by atoms with van der Waals surface area (Å²) < 4.78 is 1.60. The van der Waals surface area contributed by atoms with E-state index in [0.717, 1.165) is 25.4 Å². The fraction of sp³-hybridized carbons (Fsp3) is 0.647. The molecule has 0 bridgehead atoms. The number of urea groups is 1. The first kappa shape index (κ1) is 15.1. The van der Waals surface area contributed by atoms with E-state index < -0.39 is 0 Å². The van der Waals surface area contributed by atoms with Gasteiger partial charge in [-0.05, 0) is 37.3 Å². The van der Waals surface area contributed by atoms with Gasteiger partial charge in [-0.2, -0.15) is 0 Å². The molecule has 2 amide bonds. The Labute approximate surface area is 131 Å². The zero-order chi connectivity index (χ0) is 15.5. The molecule has 1 aromatic heterocycles. The number of rotatable bonds is 3. The number of pyridine rings is 1. The third-order valence-electron chi connectivity index (χ3n) is 5.18. The number of aromatic nitrogens is 1. The fourth-order valence-corrected chi connectivity index (χ4v) is 3.86. The lowest BCUT2D eigenvalue weighted by Crippen LogP contribution is -2.36. The van der Waals surface area contributed by atoms with Gasteiger partial charge in [0.25, 0.3) is 5.56 Å². The van der Waals surface area contributed by atoms with Crippen molar-refractivity contribution >= 4 is 11.7 Å². The Kier molecular flexibility index (Phi) is 4.50. The molecule has 1 atom stereocenters. The second-order valence-electron chi connectivity index (χ2n) is 6.48. The molecule has 22 heavy (non-hydrogen) atoms. The van der Waals surface area contributed by atoms with Gasteiger partial charge in [-0.15, -0.1) is 0 Å². The number of amides is 2. The fourth-order valence-electron chi connectivity index (χ4n) is 3.86. The van der Waals surface area contributed by atoms with Crippen LogP contribution < -0.4 is 10.9 Å². The van der Waals surface area contributed by atoms with Crippen LogP contribution in [0.1, 0.15) is 39.0 Å². The van der Waals surface area contributed by atoms with Crippen molar-refractivity contribution in [1.29, 1.82) is 0 Å². The Morgan fingerprint density at radius 1 is 1.27 bits per heavy atom. The molecular formula is C17H25N3O2. The molecule has 1 saturated carbocycles. The summed E-state index contributed by atoms with van der Waals surface area (Å²) in [5.41, 5.74) is 0.239. The number of hydrogen-bond donors (Lipinski definition) is 1. The molecule has 1 N–H and O–H groups in total. The Balaban J connectivity index is 1.62. The van der Waals surface area contributed by atoms with Crippen molar-refractivity contribution < 1.29 is 4.79 Å². The summed E-state index contributed by atoms with van der Waals surface area (Å²) in [6, 6.07) is 3.34. The number of nitrogens with one attached hydrogen (secondary N) is 1. The predicted octanol–water partition coefficient (Wildman–Crippen LogP) is 2.91. The number of nitrogens with zero attached hydrogens (tertiary/aromatic N) is 2. The lowest BCUT2D eigenvalue weighted by atomic mass is 9.90. The van der Waals surface area contributed by atoms with Crippen LogP contribution >= 0.6 is 0 Å². The highest BCUT2D eigenvalue weighted by Gasteiger charge is 2.33. The summed E-state index contributed by atoms with van der Waals surface area (Å²) in [5, 5.41) is 2.79. The van der Waals surface area contributed by atoms with Crippen LogP contribution in [0.2, 0.25) is 0 Å². The van der Waals surface area contributed by atoms with Gasteiger partial charge in [-0.25, -0.2) is 4.79 Å². The van der Waals surface area contributed by atoms with Gasteiger partial charge in [0.15, 0.2) is 0 Å². The minimum absolute atomic E-state index is 0.133. The molecule has 1 aromatic rings. The Morgan fingerprint density at radius 3 is 2.77 bits per heavy atom. The maximum Gasteiger partial charge on any atom is 0.322 e. The maximum atomic E-state index is 12.4. The summed E-state index contributed by atoms with van der Waals surface area (Å²) in [7, 11) is 0. The van der Waals surface area contributed by atoms with E-state index in [4.69, 9.17) is 0 Å². The molecule has 3 rings (SSSR count). The van der Waals surface area contributed by atoms with E-state index in [1.807, 2.05) is 11.8 Å². The minimum Gasteiger partial charge on any atom is -0.324 e. The molecule has 1 aliphatic carbocycles. The van der Waals surface area contributed by atoms with Crippen LogP contribution in [0, 0.1) is 11.8 Å². The molecule has 5 heteroatoms. The molecule has 1 unspecified atom stereocenters. The van der Waals surface area contributed by atoms with E-state index in [-0.39, 0.29) is 11.6 Å². The van der Waals surface area contributed by atoms with Gasteiger partial charge in [0, 0.05) is 25.8 Å². The highest BCUT2D eigenvalue weighted by Crippen LogP contribution is 2.36. The van der Waals surface area contributed by atoms with Crippen molar-refractivity contribution in [3.63, 3.8) is 0 Å². The monoisotopic (exact) mass is 303 g/mol. The summed E-state index contributed by atoms with van der Waals surface area (Å²) in [5.74, 6) is 1.45. The van der Waals surface area contributed by atoms with E-state index in [9.17, 15) is 9.59 Å². The Bertz CT molecular complexity index is 590. The van der Waals surface area contributed by atoms with Crippen LogP contribution in [-0.2, 0) is 6.54 Å². The van der Waals surface area contributed by atoms with Gasteiger partial charge in [0.05, 0.1) is 0 Å². The van der Waals surface area contributed by atoms with Crippen molar-refractivity contribution in [2.75, 3.05) is 18.4 Å². The van der Waals surface area contributed by atoms with Crippen LogP contribution in [0.5, 0.6) is 0 Å². The minimum atomic E-state index is -0.134. The average molecular weight is 303 g/mol. The number of carbonyl (C=O) groups is 1. The predicted molar refractivity (Wildman–Crippen MR) is 87.0 cm³/mol. The number of hydrogen-bond acceptors (Lipinski definition) is 2. The second-order valence-corrected chi connectivity index (χ2v) is 6.48. The number of aryl methyl sites for hydroxylation is 1. The van der Waals surface area contributed by atoms with Crippen LogP contribution in [0.25, 0.3) is 0 Å². The standard InChI is InChI=1S/C17H25N3O2/c1-2-19-10-5-8-15(16(19)21)18-17(22)20-11-9-14(12-20)13-6-3-4-7-13/h5,8,10,13-14H,2-4,6-7,9,11-12H2,1H3,(H,18,22). The van der Waals surface area contributed by atoms with Crippen LogP contribution in [0.4, 0.5) is 10.5 Å². The van der Waals surface area contributed by atoms with E-state index in [2.05, 4.69) is 5.32 Å². The normalized spacial score (nSPS) is 22.2. The molecule has 5 nitrogen and oxygen atoms in total. The van der Waals surface area contributed by atoms with Crippen molar-refractivity contribution in [2.45, 2.75) is 45.6 Å². The lowest BCUT2D eigenvalue weighted by Gasteiger charge is -2.20. The number of likely N-dealkylation sites (tertiary alicyclic amines) is 1. The summed E-state index contributed by atoms with van der Waals surface area (Å²) in [6.07, 6.45) is 8.16. The molecule has 0 spiro atoms. The molecule has 2 fully saturated rings. The summed E-state index contributed by atoms with van der Waals surface area (Å²) in [4.78, 5) is 26.4. The molecule has 2 heterocycles. The maximum absolute atomic E-state index is 12.4. The quantitative estimate of drug-likeness (QED) is 0.933. The lowest BCUT2D eigenvalue weighted by molar-refractivity contribution is 0.218. The molecule has 1 aliphatic heterocycles. The van der Waals surface area contributed by atoms with Gasteiger partial charge >= 0.3 is 6.03 Å². The van der Waals surface area contributed by atoms with Crippen molar-refractivity contribution in [3.05, 3.63) is 28.7 Å². The summed E-state index contributed by atoms with van der Waals surface area (Å²) in [6.45, 7) is 4.17. The first-order chi connectivity index (χ1) is 10.7. The van der Waals surface area contributed by atoms with E-state index in [0.29, 0.717) is 18.2 Å². The average Bonchev–Trinajstić information content (AvgIpc) is 3.20. The van der Waals surface area contributed by atoms with Gasteiger partial charge in [0.1, 0.15) is 5.69 Å². The van der Waals surface area contributed by atoms with Crippen LogP contribution in [0.3, 0.4) is 0 Å². The number of carbonyl (C=O) groups excluding carboxylic acids is 1. The Morgan fingerprint density at radius 2 is 2.05 bits per heavy atom. The second kappa shape index (κ2) is 6.55. The SMILES string of the molecule is CCn1cccc(NC(=O)N2CCC(C3CCCC3)C2)c1=O. The van der Waals surface area contributed by atoms with Crippen molar-refractivity contribution in [1.82, 2.24) is 9.47 Å². The largest absolute Gasteiger partial charge is 0.324 e. The topological polar surface area (TPSA) is 54.3 Å². The van der Waals surface area contributed by atoms with E-state index in [1.165, 1.54) is 25.7 Å². The molecule has 0 aromatic carbocycles. The molecular weight excluding hydrogens is 278 g/mol. The summed E-state index contributed by atoms with van der Waals surface area (Å²) >= 11 is 0. The van der Waals surface area contributed by atoms with Crippen LogP contribution in [0.15, 0.2) is 23.1 Å². The molecule has 0 radical (unpaired) electrons. The first-order valence-corrected chi connectivity index (χ1v) is 8.44. The molecule has 120 valence electrons. The van der Waals surface area contributed by atoms with E-state index in [1.54, 1.807) is 22.9 Å². The zero-order valence-corrected chi connectivity index (χ0v) is 13.3. The Hall–Kier alpha value is -1.78. The zero-order valence-electron chi connectivity index (χ0n) is 13.3. The van der Waals surface area contributed by atoms with Crippen molar-refractivity contribution in [2.24, 2.45) is 11.8 Å². The smallest absolute Gasteiger partial charge is 0.322 e. The van der Waals surface area contributed by atoms with E-state index >= 15 is 0 Å². The number of anilines is 1. The highest BCUT2D eigenvalue weighted by atomic mass is 16.2. The van der Waals surface area contributed by atoms with Gasteiger partial charge in [0.2, 0.25) is 0 Å². The third-order valence-corrected chi connectivity index (χ3v) is 5.18. The third kappa shape index (κ3) is 3.03. The van der Waals surface area contributed by atoms with Gasteiger partial charge < -0.3 is 14.8 Å². The highest BCUT2D eigenvalue weighted by molar-refractivity contribution is 5.89. The van der Waals surface area contributed by atoms with Crippen molar-refractivity contribution in [3.8, 4) is 0 Å². The van der Waals surface area contributed by atoms with Crippen LogP contribution in [-0.4, -0.2) is 28.6 Å². The first-order valence-electron chi connectivity index (χ1n) is 8.44. The van der Waals surface area contributed by atoms with Gasteiger partial charge in [-0.1, -0.05) is 25.7 Å².